The highest BCUT2D eigenvalue weighted by Gasteiger charge is 2.18. The van der Waals surface area contributed by atoms with Crippen molar-refractivity contribution >= 4 is 33.2 Å². The highest BCUT2D eigenvalue weighted by Crippen LogP contribution is 2.22. The topological polar surface area (TPSA) is 77.1 Å². The van der Waals surface area contributed by atoms with E-state index in [2.05, 4.69) is 36.4 Å². The third-order valence-corrected chi connectivity index (χ3v) is 4.90. The molecule has 1 amide bonds. The van der Waals surface area contributed by atoms with E-state index < -0.39 is 0 Å². The van der Waals surface area contributed by atoms with Crippen molar-refractivity contribution in [3.05, 3.63) is 75.9 Å². The first-order chi connectivity index (χ1) is 13.0. The number of aryl methyl sites for hydroxylation is 2. The van der Waals surface area contributed by atoms with Crippen molar-refractivity contribution in [3.8, 4) is 0 Å². The summed E-state index contributed by atoms with van der Waals surface area (Å²) in [6.07, 6.45) is 3.41. The van der Waals surface area contributed by atoms with Crippen LogP contribution in [-0.2, 0) is 6.54 Å². The Balaban J connectivity index is 1.56. The van der Waals surface area contributed by atoms with Gasteiger partial charge in [0.15, 0.2) is 11.3 Å². The molecule has 0 radical (unpaired) electrons. The first kappa shape index (κ1) is 17.4. The second-order valence-electron chi connectivity index (χ2n) is 6.29. The number of nitrogens with one attached hydrogen (secondary N) is 1. The number of halogens is 1. The average Bonchev–Trinajstić information content (AvgIpc) is 3.14. The van der Waals surface area contributed by atoms with Gasteiger partial charge >= 0.3 is 0 Å². The van der Waals surface area contributed by atoms with Crippen LogP contribution < -0.4 is 5.32 Å². The van der Waals surface area contributed by atoms with E-state index in [1.54, 1.807) is 23.0 Å². The van der Waals surface area contributed by atoms with Gasteiger partial charge in [-0.3, -0.25) is 9.48 Å². The lowest BCUT2D eigenvalue weighted by Crippen LogP contribution is -2.13. The Morgan fingerprint density at radius 2 is 2.04 bits per heavy atom. The summed E-state index contributed by atoms with van der Waals surface area (Å²) >= 11 is 3.42. The van der Waals surface area contributed by atoms with Gasteiger partial charge in [-0.2, -0.15) is 10.2 Å². The zero-order chi connectivity index (χ0) is 19.0. The molecular weight excluding hydrogens is 408 g/mol. The molecule has 0 fully saturated rings. The summed E-state index contributed by atoms with van der Waals surface area (Å²) in [6.45, 7) is 4.65. The predicted molar refractivity (Wildman–Crippen MR) is 106 cm³/mol. The van der Waals surface area contributed by atoms with Crippen LogP contribution in [0.1, 0.15) is 27.4 Å². The van der Waals surface area contributed by atoms with Gasteiger partial charge in [-0.1, -0.05) is 12.1 Å². The van der Waals surface area contributed by atoms with Crippen molar-refractivity contribution in [3.63, 3.8) is 0 Å². The quantitative estimate of drug-likeness (QED) is 0.542. The van der Waals surface area contributed by atoms with Crippen LogP contribution in [0.2, 0.25) is 0 Å². The minimum atomic E-state index is -0.296. The molecule has 1 N–H and O–H groups in total. The molecule has 0 atom stereocenters. The van der Waals surface area contributed by atoms with Crippen LogP contribution in [0, 0.1) is 13.8 Å². The maximum absolute atomic E-state index is 12.7. The Kier molecular flexibility index (Phi) is 4.49. The monoisotopic (exact) mass is 424 g/mol. The fraction of sp³-hybridized carbons (Fsp3) is 0.158. The first-order valence-corrected chi connectivity index (χ1v) is 9.21. The molecule has 4 aromatic rings. The van der Waals surface area contributed by atoms with Gasteiger partial charge < -0.3 is 5.32 Å². The van der Waals surface area contributed by atoms with Crippen molar-refractivity contribution in [2.24, 2.45) is 0 Å². The molecule has 1 aromatic carbocycles. The number of benzene rings is 1. The number of hydrogen-bond acceptors (Lipinski definition) is 4. The number of anilines is 1. The molecule has 8 heteroatoms. The Morgan fingerprint density at radius 1 is 1.19 bits per heavy atom. The maximum Gasteiger partial charge on any atom is 0.277 e. The smallest absolute Gasteiger partial charge is 0.277 e. The molecular formula is C19H17BrN6O. The number of amides is 1. The van der Waals surface area contributed by atoms with Crippen molar-refractivity contribution in [1.29, 1.82) is 0 Å². The third kappa shape index (κ3) is 3.48. The van der Waals surface area contributed by atoms with E-state index >= 15 is 0 Å². The molecule has 3 heterocycles. The molecule has 0 aliphatic rings. The lowest BCUT2D eigenvalue weighted by Gasteiger charge is -2.08. The van der Waals surface area contributed by atoms with Crippen molar-refractivity contribution in [2.45, 2.75) is 20.4 Å². The summed E-state index contributed by atoms with van der Waals surface area (Å²) in [6, 6.07) is 11.5. The van der Waals surface area contributed by atoms with Crippen molar-refractivity contribution in [1.82, 2.24) is 24.4 Å². The van der Waals surface area contributed by atoms with E-state index in [9.17, 15) is 4.79 Å². The number of carbonyl (C=O) groups is 1. The lowest BCUT2D eigenvalue weighted by molar-refractivity contribution is 0.102. The summed E-state index contributed by atoms with van der Waals surface area (Å²) < 4.78 is 4.08. The van der Waals surface area contributed by atoms with Crippen LogP contribution in [0.25, 0.3) is 5.65 Å². The molecule has 27 heavy (non-hydrogen) atoms. The molecule has 0 spiro atoms. The van der Waals surface area contributed by atoms with Crippen LogP contribution >= 0.6 is 15.9 Å². The Morgan fingerprint density at radius 3 is 2.78 bits per heavy atom. The Bertz CT molecular complexity index is 1150. The van der Waals surface area contributed by atoms with E-state index in [0.29, 0.717) is 22.4 Å². The fourth-order valence-corrected chi connectivity index (χ4v) is 3.49. The number of aromatic nitrogens is 5. The molecule has 0 bridgehead atoms. The number of fused-ring (bicyclic) bond motifs is 1. The largest absolute Gasteiger partial charge is 0.321 e. The van der Waals surface area contributed by atoms with Gasteiger partial charge in [0.1, 0.15) is 0 Å². The zero-order valence-corrected chi connectivity index (χ0v) is 16.4. The first-order valence-electron chi connectivity index (χ1n) is 8.41. The van der Waals surface area contributed by atoms with E-state index in [1.165, 1.54) is 0 Å². The van der Waals surface area contributed by atoms with Crippen LogP contribution in [0.5, 0.6) is 0 Å². The zero-order valence-electron chi connectivity index (χ0n) is 14.8. The van der Waals surface area contributed by atoms with Gasteiger partial charge in [-0.15, -0.1) is 0 Å². The van der Waals surface area contributed by atoms with Gasteiger partial charge in [0.2, 0.25) is 0 Å². The molecule has 0 saturated heterocycles. The van der Waals surface area contributed by atoms with Crippen LogP contribution in [-0.4, -0.2) is 30.3 Å². The lowest BCUT2D eigenvalue weighted by atomic mass is 10.2. The molecule has 136 valence electrons. The Labute approximate surface area is 164 Å². The third-order valence-electron chi connectivity index (χ3n) is 4.17. The SMILES string of the molecule is Cc1cc(C)n(Cc2cccc(NC(=O)c3nn4cccnc4c3Br)c2)n1. The number of nitrogens with zero attached hydrogens (tertiary/aromatic N) is 5. The minimum Gasteiger partial charge on any atom is -0.321 e. The number of rotatable bonds is 4. The van der Waals surface area contributed by atoms with Gasteiger partial charge in [-0.25, -0.2) is 9.50 Å². The fourth-order valence-electron chi connectivity index (χ4n) is 2.95. The highest BCUT2D eigenvalue weighted by molar-refractivity contribution is 9.10. The van der Waals surface area contributed by atoms with Crippen LogP contribution in [0.4, 0.5) is 5.69 Å². The summed E-state index contributed by atoms with van der Waals surface area (Å²) in [5.74, 6) is -0.296. The second-order valence-corrected chi connectivity index (χ2v) is 7.08. The molecule has 4 rings (SSSR count). The van der Waals surface area contributed by atoms with Crippen molar-refractivity contribution < 1.29 is 4.79 Å². The molecule has 0 saturated carbocycles. The van der Waals surface area contributed by atoms with Gasteiger partial charge in [0.05, 0.1) is 16.7 Å². The van der Waals surface area contributed by atoms with Gasteiger partial charge in [0.25, 0.3) is 5.91 Å². The predicted octanol–water partition coefficient (Wildman–Crippen LogP) is 3.61. The summed E-state index contributed by atoms with van der Waals surface area (Å²) in [5.41, 5.74) is 4.73. The average molecular weight is 425 g/mol. The minimum absolute atomic E-state index is 0.289. The van der Waals surface area contributed by atoms with E-state index in [1.807, 2.05) is 48.9 Å². The van der Waals surface area contributed by atoms with E-state index in [0.717, 1.165) is 17.0 Å². The standard InChI is InChI=1S/C19H17BrN6O/c1-12-9-13(2)26(23-12)11-14-5-3-6-15(10-14)22-19(27)17-16(20)18-21-7-4-8-25(18)24-17/h3-10H,11H2,1-2H3,(H,22,27). The normalized spacial score (nSPS) is 11.1. The molecule has 7 nitrogen and oxygen atoms in total. The summed E-state index contributed by atoms with van der Waals surface area (Å²) in [7, 11) is 0. The highest BCUT2D eigenvalue weighted by atomic mass is 79.9. The number of hydrogen-bond donors (Lipinski definition) is 1. The second kappa shape index (κ2) is 6.96. The van der Waals surface area contributed by atoms with Crippen LogP contribution in [0.3, 0.4) is 0 Å². The molecule has 3 aromatic heterocycles. The van der Waals surface area contributed by atoms with Gasteiger partial charge in [-0.05, 0) is 59.6 Å². The van der Waals surface area contributed by atoms with E-state index in [-0.39, 0.29) is 11.6 Å². The van der Waals surface area contributed by atoms with Crippen molar-refractivity contribution in [2.75, 3.05) is 5.32 Å². The summed E-state index contributed by atoms with van der Waals surface area (Å²) in [5, 5.41) is 11.7. The molecule has 0 aliphatic heterocycles. The Hall–Kier alpha value is -3.00. The number of carbonyl (C=O) groups excluding carboxylic acids is 1. The summed E-state index contributed by atoms with van der Waals surface area (Å²) in [4.78, 5) is 16.9. The maximum atomic E-state index is 12.7. The van der Waals surface area contributed by atoms with Gasteiger partial charge in [0, 0.05) is 23.8 Å². The molecule has 0 aliphatic carbocycles. The van der Waals surface area contributed by atoms with Crippen LogP contribution in [0.15, 0.2) is 53.3 Å². The molecule has 0 unspecified atom stereocenters. The van der Waals surface area contributed by atoms with E-state index in [4.69, 9.17) is 0 Å².